The summed E-state index contributed by atoms with van der Waals surface area (Å²) in [6, 6.07) is 7.46. The second-order valence-corrected chi connectivity index (χ2v) is 4.98. The lowest BCUT2D eigenvalue weighted by atomic mass is 10.2. The zero-order valence-electron chi connectivity index (χ0n) is 11.5. The van der Waals surface area contributed by atoms with Crippen LogP contribution < -0.4 is 15.0 Å². The Bertz CT molecular complexity index is 858. The number of nitrogens with zero attached hydrogens (tertiary/aromatic N) is 1. The molecule has 0 amide bonds. The number of phenols is 1. The number of halogens is 2. The molecule has 0 atom stereocenters. The predicted molar refractivity (Wildman–Crippen MR) is 81.2 cm³/mol. The van der Waals surface area contributed by atoms with E-state index in [4.69, 9.17) is 16.3 Å². The van der Waals surface area contributed by atoms with Crippen LogP contribution in [0, 0.1) is 5.82 Å². The fourth-order valence-electron chi connectivity index (χ4n) is 2.09. The van der Waals surface area contributed by atoms with E-state index in [0.29, 0.717) is 28.2 Å². The number of ether oxygens (including phenoxy) is 1. The molecule has 22 heavy (non-hydrogen) atoms. The summed E-state index contributed by atoms with van der Waals surface area (Å²) in [4.78, 5) is 7.14. The molecule has 0 aliphatic rings. The average molecular weight is 321 g/mol. The van der Waals surface area contributed by atoms with E-state index in [1.165, 1.54) is 31.6 Å². The molecule has 1 aromatic heterocycles. The van der Waals surface area contributed by atoms with E-state index in [2.05, 4.69) is 15.3 Å². The number of methoxy groups -OCH3 is 1. The number of hydrogen-bond acceptors (Lipinski definition) is 4. The lowest BCUT2D eigenvalue weighted by Gasteiger charge is -2.06. The number of nitrogens with one attached hydrogen (secondary N) is 2. The number of phenolic OH excluding ortho intramolecular Hbond substituents is 1. The van der Waals surface area contributed by atoms with Crippen molar-refractivity contribution in [3.05, 3.63) is 47.5 Å². The van der Waals surface area contributed by atoms with Crippen molar-refractivity contribution >= 4 is 34.0 Å². The van der Waals surface area contributed by atoms with Gasteiger partial charge < -0.3 is 9.84 Å². The minimum atomic E-state index is -0.488. The van der Waals surface area contributed by atoms with Crippen LogP contribution in [0.25, 0.3) is 10.9 Å². The molecule has 0 aliphatic heterocycles. The maximum absolute atomic E-state index is 13.2. The van der Waals surface area contributed by atoms with E-state index in [0.717, 1.165) is 0 Å². The summed E-state index contributed by atoms with van der Waals surface area (Å²) in [6.07, 6.45) is 1.51. The summed E-state index contributed by atoms with van der Waals surface area (Å²) < 4.78 is 18.3. The molecule has 0 aliphatic carbocycles. The molecular formula is C15H12ClFN3O2+. The van der Waals surface area contributed by atoms with E-state index < -0.39 is 5.82 Å². The third-order valence-corrected chi connectivity index (χ3v) is 3.46. The Kier molecular flexibility index (Phi) is 3.68. The van der Waals surface area contributed by atoms with Gasteiger partial charge in [0.15, 0.2) is 17.0 Å². The fraction of sp³-hybridized carbons (Fsp3) is 0.0667. The molecule has 1 heterocycles. The minimum absolute atomic E-state index is 0.00316. The van der Waals surface area contributed by atoms with Crippen LogP contribution >= 0.6 is 11.6 Å². The van der Waals surface area contributed by atoms with E-state index in [1.807, 2.05) is 0 Å². The number of aromatic amines is 1. The molecule has 0 unspecified atom stereocenters. The molecule has 0 saturated carbocycles. The number of anilines is 2. The van der Waals surface area contributed by atoms with Crippen LogP contribution in [0.5, 0.6) is 11.5 Å². The zero-order chi connectivity index (χ0) is 15.7. The molecule has 0 radical (unpaired) electrons. The van der Waals surface area contributed by atoms with Crippen molar-refractivity contribution in [2.75, 3.05) is 12.4 Å². The van der Waals surface area contributed by atoms with Crippen molar-refractivity contribution in [1.82, 2.24) is 4.98 Å². The van der Waals surface area contributed by atoms with Crippen LogP contribution in [0.2, 0.25) is 5.02 Å². The van der Waals surface area contributed by atoms with Gasteiger partial charge >= 0.3 is 0 Å². The molecule has 0 fully saturated rings. The minimum Gasteiger partial charge on any atom is -0.504 e. The summed E-state index contributed by atoms with van der Waals surface area (Å²) in [7, 11) is 1.47. The molecule has 7 heteroatoms. The lowest BCUT2D eigenvalue weighted by Crippen LogP contribution is -2.11. The fourth-order valence-corrected chi connectivity index (χ4v) is 2.27. The van der Waals surface area contributed by atoms with Gasteiger partial charge in [0.05, 0.1) is 23.2 Å². The van der Waals surface area contributed by atoms with E-state index in [-0.39, 0.29) is 10.8 Å². The summed E-state index contributed by atoms with van der Waals surface area (Å²) >= 11 is 5.77. The SMILES string of the molecule is COc1cc2nc[nH+]c(Nc3ccc(F)c(Cl)c3)c2cc1O. The summed E-state index contributed by atoms with van der Waals surface area (Å²) in [5, 5.41) is 13.7. The van der Waals surface area contributed by atoms with Crippen molar-refractivity contribution in [3.63, 3.8) is 0 Å². The highest BCUT2D eigenvalue weighted by atomic mass is 35.5. The number of aromatic nitrogens is 2. The van der Waals surface area contributed by atoms with E-state index in [9.17, 15) is 9.50 Å². The highest BCUT2D eigenvalue weighted by molar-refractivity contribution is 6.31. The van der Waals surface area contributed by atoms with Gasteiger partial charge in [-0.2, -0.15) is 0 Å². The molecule has 112 valence electrons. The normalized spacial score (nSPS) is 10.7. The molecule has 0 saturated heterocycles. The van der Waals surface area contributed by atoms with Gasteiger partial charge in [-0.15, -0.1) is 4.98 Å². The number of hydrogen-bond donors (Lipinski definition) is 2. The quantitative estimate of drug-likeness (QED) is 0.777. The van der Waals surface area contributed by atoms with Gasteiger partial charge in [-0.05, 0) is 18.2 Å². The molecular weight excluding hydrogens is 309 g/mol. The van der Waals surface area contributed by atoms with Gasteiger partial charge in [0.1, 0.15) is 5.82 Å². The Morgan fingerprint density at radius 3 is 2.86 bits per heavy atom. The van der Waals surface area contributed by atoms with Crippen LogP contribution in [-0.2, 0) is 0 Å². The zero-order valence-corrected chi connectivity index (χ0v) is 12.3. The van der Waals surface area contributed by atoms with Gasteiger partial charge in [0, 0.05) is 12.1 Å². The molecule has 0 spiro atoms. The molecule has 3 N–H and O–H groups in total. The van der Waals surface area contributed by atoms with Crippen molar-refractivity contribution in [1.29, 1.82) is 0 Å². The first-order valence-electron chi connectivity index (χ1n) is 6.38. The monoisotopic (exact) mass is 320 g/mol. The van der Waals surface area contributed by atoms with Gasteiger partial charge in [0.25, 0.3) is 0 Å². The molecule has 3 rings (SSSR count). The number of aromatic hydroxyl groups is 1. The maximum Gasteiger partial charge on any atom is 0.234 e. The molecule has 0 bridgehead atoms. The number of benzene rings is 2. The average Bonchev–Trinajstić information content (AvgIpc) is 2.51. The van der Waals surface area contributed by atoms with Gasteiger partial charge in [0.2, 0.25) is 12.1 Å². The first-order valence-corrected chi connectivity index (χ1v) is 6.76. The van der Waals surface area contributed by atoms with E-state index in [1.54, 1.807) is 12.1 Å². The smallest absolute Gasteiger partial charge is 0.234 e. The predicted octanol–water partition coefficient (Wildman–Crippen LogP) is 3.30. The Hall–Kier alpha value is -2.60. The Labute approximate surface area is 130 Å². The lowest BCUT2D eigenvalue weighted by molar-refractivity contribution is -0.363. The second-order valence-electron chi connectivity index (χ2n) is 4.57. The Morgan fingerprint density at radius 1 is 1.32 bits per heavy atom. The van der Waals surface area contributed by atoms with Crippen LogP contribution in [-0.4, -0.2) is 17.2 Å². The van der Waals surface area contributed by atoms with Crippen molar-refractivity contribution in [2.24, 2.45) is 0 Å². The van der Waals surface area contributed by atoms with E-state index >= 15 is 0 Å². The summed E-state index contributed by atoms with van der Waals surface area (Å²) in [5.41, 5.74) is 1.23. The first kappa shape index (κ1) is 14.3. The standard InChI is InChI=1S/C15H11ClFN3O2/c1-22-14-6-12-9(5-13(14)21)15(19-7-18-12)20-8-2-3-11(17)10(16)4-8/h2-7,21H,1H3,(H,18,19,20)/p+1. The van der Waals surface area contributed by atoms with Gasteiger partial charge in [-0.3, -0.25) is 5.32 Å². The topological polar surface area (TPSA) is 68.5 Å². The highest BCUT2D eigenvalue weighted by Crippen LogP contribution is 2.33. The molecule has 3 aromatic rings. The van der Waals surface area contributed by atoms with Crippen molar-refractivity contribution in [2.45, 2.75) is 0 Å². The third kappa shape index (κ3) is 2.60. The molecule has 5 nitrogen and oxygen atoms in total. The van der Waals surface area contributed by atoms with Gasteiger partial charge in [-0.25, -0.2) is 9.37 Å². The second kappa shape index (κ2) is 5.65. The summed E-state index contributed by atoms with van der Waals surface area (Å²) in [5.74, 6) is 0.433. The Balaban J connectivity index is 2.06. The van der Waals surface area contributed by atoms with Crippen LogP contribution in [0.4, 0.5) is 15.9 Å². The molecule has 2 aromatic carbocycles. The van der Waals surface area contributed by atoms with Gasteiger partial charge in [-0.1, -0.05) is 11.6 Å². The summed E-state index contributed by atoms with van der Waals surface area (Å²) in [6.45, 7) is 0. The number of fused-ring (bicyclic) bond motifs is 1. The highest BCUT2D eigenvalue weighted by Gasteiger charge is 2.14. The van der Waals surface area contributed by atoms with Crippen molar-refractivity contribution in [3.8, 4) is 11.5 Å². The van der Waals surface area contributed by atoms with Crippen LogP contribution in [0.1, 0.15) is 0 Å². The number of H-pyrrole nitrogens is 1. The largest absolute Gasteiger partial charge is 0.504 e. The van der Waals surface area contributed by atoms with Crippen molar-refractivity contribution < 1.29 is 19.2 Å². The Morgan fingerprint density at radius 2 is 2.14 bits per heavy atom. The first-order chi connectivity index (χ1) is 10.6. The maximum atomic E-state index is 13.2. The van der Waals surface area contributed by atoms with Crippen LogP contribution in [0.15, 0.2) is 36.7 Å². The third-order valence-electron chi connectivity index (χ3n) is 3.17. The van der Waals surface area contributed by atoms with Crippen LogP contribution in [0.3, 0.4) is 0 Å². The number of rotatable bonds is 3.